The molecule has 6 heteroatoms. The minimum Gasteiger partial charge on any atom is -0.494 e. The molecule has 1 amide bonds. The molecule has 24 heavy (non-hydrogen) atoms. The molecule has 0 saturated carbocycles. The molecule has 0 aromatic heterocycles. The molecule has 0 aliphatic rings. The highest BCUT2D eigenvalue weighted by Crippen LogP contribution is 2.21. The van der Waals surface area contributed by atoms with Crippen LogP contribution in [0.1, 0.15) is 36.2 Å². The van der Waals surface area contributed by atoms with E-state index in [0.29, 0.717) is 33.5 Å². The van der Waals surface area contributed by atoms with Crippen molar-refractivity contribution in [3.8, 4) is 5.75 Å². The first-order valence-electron chi connectivity index (χ1n) is 7.54. The second-order valence-corrected chi connectivity index (χ2v) is 5.98. The predicted molar refractivity (Wildman–Crippen MR) is 98.4 cm³/mol. The number of hydrogen-bond acceptors (Lipinski definition) is 3. The molecule has 0 aliphatic carbocycles. The van der Waals surface area contributed by atoms with Crippen molar-refractivity contribution in [3.05, 3.63) is 63.6 Å². The average Bonchev–Trinajstić information content (AvgIpc) is 2.58. The summed E-state index contributed by atoms with van der Waals surface area (Å²) in [5, 5.41) is 5.12. The fourth-order valence-electron chi connectivity index (χ4n) is 1.96. The highest BCUT2D eigenvalue weighted by atomic mass is 35.5. The van der Waals surface area contributed by atoms with Crippen LogP contribution in [0.15, 0.2) is 47.6 Å². The number of hydrazone groups is 1. The van der Waals surface area contributed by atoms with E-state index in [2.05, 4.69) is 10.5 Å². The zero-order valence-corrected chi connectivity index (χ0v) is 15.0. The summed E-state index contributed by atoms with van der Waals surface area (Å²) in [5.74, 6) is 0.433. The van der Waals surface area contributed by atoms with Crippen LogP contribution in [0.4, 0.5) is 0 Å². The van der Waals surface area contributed by atoms with Gasteiger partial charge in [0.2, 0.25) is 0 Å². The van der Waals surface area contributed by atoms with Gasteiger partial charge < -0.3 is 4.74 Å². The molecule has 2 aromatic carbocycles. The Hall–Kier alpha value is -2.04. The van der Waals surface area contributed by atoms with E-state index in [1.165, 1.54) is 0 Å². The van der Waals surface area contributed by atoms with Crippen LogP contribution in [0.3, 0.4) is 0 Å². The van der Waals surface area contributed by atoms with Gasteiger partial charge in [-0.25, -0.2) is 5.43 Å². The standard InChI is InChI=1S/C18H18Cl2N2O2/c1-3-10-24-15-7-4-13(5-8-15)18(23)22-21-12(2)16-9-6-14(19)11-17(16)20/h4-9,11H,3,10H2,1-2H3,(H,22,23)/b21-12-. The molecule has 2 rings (SSSR count). The highest BCUT2D eigenvalue weighted by molar-refractivity contribution is 6.37. The summed E-state index contributed by atoms with van der Waals surface area (Å²) >= 11 is 12.0. The molecule has 4 nitrogen and oxygen atoms in total. The van der Waals surface area contributed by atoms with E-state index < -0.39 is 0 Å². The Kier molecular flexibility index (Phi) is 6.64. The van der Waals surface area contributed by atoms with Crippen molar-refractivity contribution in [2.75, 3.05) is 6.61 Å². The lowest BCUT2D eigenvalue weighted by molar-refractivity contribution is 0.0955. The number of carbonyl (C=O) groups is 1. The van der Waals surface area contributed by atoms with Gasteiger partial charge >= 0.3 is 0 Å². The number of hydrogen-bond donors (Lipinski definition) is 1. The molecule has 0 aliphatic heterocycles. The first-order valence-corrected chi connectivity index (χ1v) is 8.29. The summed E-state index contributed by atoms with van der Waals surface area (Å²) < 4.78 is 5.48. The summed E-state index contributed by atoms with van der Waals surface area (Å²) in [7, 11) is 0. The van der Waals surface area contributed by atoms with E-state index in [9.17, 15) is 4.79 Å². The van der Waals surface area contributed by atoms with E-state index in [1.807, 2.05) is 6.92 Å². The van der Waals surface area contributed by atoms with Crippen LogP contribution in [-0.2, 0) is 0 Å². The lowest BCUT2D eigenvalue weighted by Gasteiger charge is -2.07. The minimum atomic E-state index is -0.304. The van der Waals surface area contributed by atoms with Crippen molar-refractivity contribution < 1.29 is 9.53 Å². The SMILES string of the molecule is CCCOc1ccc(C(=O)N/N=C(/C)c2ccc(Cl)cc2Cl)cc1. The van der Waals surface area contributed by atoms with Gasteiger partial charge in [-0.15, -0.1) is 0 Å². The normalized spacial score (nSPS) is 11.2. The van der Waals surface area contributed by atoms with Crippen LogP contribution < -0.4 is 10.2 Å². The van der Waals surface area contributed by atoms with Crippen LogP contribution >= 0.6 is 23.2 Å². The van der Waals surface area contributed by atoms with Gasteiger partial charge in [0.15, 0.2) is 0 Å². The van der Waals surface area contributed by atoms with Gasteiger partial charge in [-0.1, -0.05) is 36.2 Å². The van der Waals surface area contributed by atoms with Gasteiger partial charge in [0, 0.05) is 16.1 Å². The van der Waals surface area contributed by atoms with Crippen LogP contribution in [-0.4, -0.2) is 18.2 Å². The molecule has 0 unspecified atom stereocenters. The van der Waals surface area contributed by atoms with Crippen LogP contribution in [0.25, 0.3) is 0 Å². The predicted octanol–water partition coefficient (Wildman–Crippen LogP) is 4.94. The van der Waals surface area contributed by atoms with E-state index >= 15 is 0 Å². The molecule has 0 saturated heterocycles. The lowest BCUT2D eigenvalue weighted by Crippen LogP contribution is -2.19. The maximum atomic E-state index is 12.1. The summed E-state index contributed by atoms with van der Waals surface area (Å²) in [6.45, 7) is 4.45. The topological polar surface area (TPSA) is 50.7 Å². The van der Waals surface area contributed by atoms with Crippen molar-refractivity contribution in [2.24, 2.45) is 5.10 Å². The second-order valence-electron chi connectivity index (χ2n) is 5.14. The highest BCUT2D eigenvalue weighted by Gasteiger charge is 2.07. The van der Waals surface area contributed by atoms with Gasteiger partial charge in [-0.05, 0) is 49.7 Å². The maximum Gasteiger partial charge on any atom is 0.271 e. The van der Waals surface area contributed by atoms with Crippen LogP contribution in [0.5, 0.6) is 5.75 Å². The number of halogens is 2. The van der Waals surface area contributed by atoms with Gasteiger partial charge in [0.25, 0.3) is 5.91 Å². The third-order valence-electron chi connectivity index (χ3n) is 3.24. The zero-order chi connectivity index (χ0) is 17.5. The number of amides is 1. The van der Waals surface area contributed by atoms with Gasteiger partial charge in [0.05, 0.1) is 17.3 Å². The molecule has 0 spiro atoms. The second kappa shape index (κ2) is 8.71. The molecule has 0 heterocycles. The molecule has 0 atom stereocenters. The van der Waals surface area contributed by atoms with Crippen molar-refractivity contribution >= 4 is 34.8 Å². The third kappa shape index (κ3) is 4.98. The minimum absolute atomic E-state index is 0.304. The first kappa shape index (κ1) is 18.3. The maximum absolute atomic E-state index is 12.1. The molecule has 0 radical (unpaired) electrons. The molecule has 2 aromatic rings. The van der Waals surface area contributed by atoms with Crippen molar-refractivity contribution in [3.63, 3.8) is 0 Å². The monoisotopic (exact) mass is 364 g/mol. The Morgan fingerprint density at radius 2 is 1.88 bits per heavy atom. The number of ether oxygens (including phenoxy) is 1. The van der Waals surface area contributed by atoms with E-state index in [-0.39, 0.29) is 5.91 Å². The van der Waals surface area contributed by atoms with E-state index in [1.54, 1.807) is 49.4 Å². The van der Waals surface area contributed by atoms with Gasteiger partial charge in [0.1, 0.15) is 5.75 Å². The fourth-order valence-corrected chi connectivity index (χ4v) is 2.51. The molecule has 1 N–H and O–H groups in total. The fraction of sp³-hybridized carbons (Fsp3) is 0.222. The molecule has 0 bridgehead atoms. The Labute approximate surface area is 151 Å². The summed E-state index contributed by atoms with van der Waals surface area (Å²) in [6.07, 6.45) is 0.934. The third-order valence-corrected chi connectivity index (χ3v) is 3.78. The Bertz CT molecular complexity index is 743. The summed E-state index contributed by atoms with van der Waals surface area (Å²) in [6, 6.07) is 12.0. The first-order chi connectivity index (χ1) is 11.5. The quantitative estimate of drug-likeness (QED) is 0.583. The van der Waals surface area contributed by atoms with Gasteiger partial charge in [-0.3, -0.25) is 4.79 Å². The van der Waals surface area contributed by atoms with Crippen molar-refractivity contribution in [1.29, 1.82) is 0 Å². The number of nitrogens with one attached hydrogen (secondary N) is 1. The summed E-state index contributed by atoms with van der Waals surface area (Å²) in [4.78, 5) is 12.1. The summed E-state index contributed by atoms with van der Waals surface area (Å²) in [5.41, 5.74) is 4.32. The van der Waals surface area contributed by atoms with Crippen molar-refractivity contribution in [1.82, 2.24) is 5.43 Å². The Morgan fingerprint density at radius 1 is 1.17 bits per heavy atom. The zero-order valence-electron chi connectivity index (χ0n) is 13.5. The number of nitrogens with zero attached hydrogens (tertiary/aromatic N) is 1. The number of carbonyl (C=O) groups excluding carboxylic acids is 1. The molecule has 126 valence electrons. The smallest absolute Gasteiger partial charge is 0.271 e. The molecular weight excluding hydrogens is 347 g/mol. The largest absolute Gasteiger partial charge is 0.494 e. The van der Waals surface area contributed by atoms with Crippen molar-refractivity contribution in [2.45, 2.75) is 20.3 Å². The molecule has 0 fully saturated rings. The number of rotatable bonds is 6. The van der Waals surface area contributed by atoms with E-state index in [0.717, 1.165) is 12.2 Å². The lowest BCUT2D eigenvalue weighted by atomic mass is 10.1. The Morgan fingerprint density at radius 3 is 2.50 bits per heavy atom. The molecular formula is C18H18Cl2N2O2. The van der Waals surface area contributed by atoms with Gasteiger partial charge in [-0.2, -0.15) is 5.10 Å². The Balaban J connectivity index is 2.03. The van der Waals surface area contributed by atoms with E-state index in [4.69, 9.17) is 27.9 Å². The van der Waals surface area contributed by atoms with Crippen LogP contribution in [0.2, 0.25) is 10.0 Å². The van der Waals surface area contributed by atoms with Crippen LogP contribution in [0, 0.1) is 0 Å². The number of benzene rings is 2. The average molecular weight is 365 g/mol.